The fraction of sp³-hybridized carbons (Fsp3) is 0.804. The van der Waals surface area contributed by atoms with Crippen LogP contribution >= 0.6 is 0 Å². The van der Waals surface area contributed by atoms with Crippen molar-refractivity contribution in [2.24, 2.45) is 0 Å². The smallest absolute Gasteiger partial charge is 0.335 e. The summed E-state index contributed by atoms with van der Waals surface area (Å²) in [4.78, 5) is 50.6. The zero-order valence-corrected chi connectivity index (χ0v) is 39.6. The summed E-state index contributed by atoms with van der Waals surface area (Å²) in [5.74, 6) is -3.15. The molecule has 0 aromatic carbocycles. The number of carbonyl (C=O) groups excluding carboxylic acids is 3. The van der Waals surface area contributed by atoms with Crippen LogP contribution in [0.15, 0.2) is 36.5 Å². The van der Waals surface area contributed by atoms with Crippen LogP contribution < -0.4 is 0 Å². The van der Waals surface area contributed by atoms with Gasteiger partial charge in [-0.2, -0.15) is 0 Å². The summed E-state index contributed by atoms with van der Waals surface area (Å²) >= 11 is 0. The Morgan fingerprint density at radius 2 is 1.00 bits per heavy atom. The van der Waals surface area contributed by atoms with Gasteiger partial charge in [0.1, 0.15) is 18.8 Å². The van der Waals surface area contributed by atoms with Crippen molar-refractivity contribution in [2.45, 2.75) is 250 Å². The lowest BCUT2D eigenvalue weighted by Crippen LogP contribution is -2.61. The van der Waals surface area contributed by atoms with Crippen LogP contribution in [0.25, 0.3) is 0 Å². The molecular formula is C51H88O12. The molecule has 0 bridgehead atoms. The summed E-state index contributed by atoms with van der Waals surface area (Å²) in [7, 11) is 0. The van der Waals surface area contributed by atoms with Crippen molar-refractivity contribution < 1.29 is 58.2 Å². The second-order valence-corrected chi connectivity index (χ2v) is 17.1. The molecule has 63 heavy (non-hydrogen) atoms. The number of hydrogen-bond donors (Lipinski definition) is 3. The molecule has 1 aliphatic rings. The van der Waals surface area contributed by atoms with E-state index < -0.39 is 67.3 Å². The highest BCUT2D eigenvalue weighted by Gasteiger charge is 2.50. The van der Waals surface area contributed by atoms with Crippen LogP contribution in [0, 0.1) is 0 Å². The molecule has 364 valence electrons. The van der Waals surface area contributed by atoms with Crippen molar-refractivity contribution >= 4 is 23.9 Å². The van der Waals surface area contributed by atoms with E-state index in [9.17, 15) is 34.5 Å². The molecule has 6 unspecified atom stereocenters. The molecule has 0 saturated carbocycles. The molecule has 0 amide bonds. The summed E-state index contributed by atoms with van der Waals surface area (Å²) in [5, 5.41) is 31.2. The minimum atomic E-state index is -1.90. The van der Waals surface area contributed by atoms with Crippen molar-refractivity contribution in [3.05, 3.63) is 36.5 Å². The number of unbranched alkanes of at least 4 members (excludes halogenated alkanes) is 21. The van der Waals surface area contributed by atoms with Gasteiger partial charge < -0.3 is 39.0 Å². The molecule has 0 radical (unpaired) electrons. The van der Waals surface area contributed by atoms with E-state index in [4.69, 9.17) is 23.7 Å². The van der Waals surface area contributed by atoms with Gasteiger partial charge in [0.25, 0.3) is 0 Å². The first-order valence-electron chi connectivity index (χ1n) is 25.0. The molecule has 0 aliphatic carbocycles. The first-order valence-corrected chi connectivity index (χ1v) is 25.0. The Morgan fingerprint density at radius 3 is 1.52 bits per heavy atom. The third kappa shape index (κ3) is 31.5. The first-order chi connectivity index (χ1) is 30.6. The van der Waals surface area contributed by atoms with Gasteiger partial charge in [0, 0.05) is 19.3 Å². The first kappa shape index (κ1) is 58.0. The minimum absolute atomic E-state index is 0.0607. The highest BCUT2D eigenvalue weighted by molar-refractivity contribution is 5.74. The molecule has 1 saturated heterocycles. The maximum atomic E-state index is 13.0. The number of esters is 3. The highest BCUT2D eigenvalue weighted by Crippen LogP contribution is 2.26. The van der Waals surface area contributed by atoms with Crippen LogP contribution in [0.3, 0.4) is 0 Å². The van der Waals surface area contributed by atoms with Crippen LogP contribution in [0.2, 0.25) is 0 Å². The van der Waals surface area contributed by atoms with Gasteiger partial charge in [0.2, 0.25) is 0 Å². The van der Waals surface area contributed by atoms with Gasteiger partial charge in [0.15, 0.2) is 24.6 Å². The average molecular weight is 893 g/mol. The summed E-state index contributed by atoms with van der Waals surface area (Å²) in [6.07, 6.45) is 31.6. The number of rotatable bonds is 41. The van der Waals surface area contributed by atoms with Gasteiger partial charge in [-0.15, -0.1) is 0 Å². The summed E-state index contributed by atoms with van der Waals surface area (Å²) in [6.45, 7) is 5.78. The number of carboxylic acid groups (broad SMARTS) is 1. The number of ether oxygens (including phenoxy) is 5. The van der Waals surface area contributed by atoms with Crippen LogP contribution in [-0.4, -0.2) is 89.2 Å². The van der Waals surface area contributed by atoms with E-state index in [-0.39, 0.29) is 25.9 Å². The number of allylic oxidation sites excluding steroid dienone is 6. The van der Waals surface area contributed by atoms with Crippen molar-refractivity contribution in [3.63, 3.8) is 0 Å². The second-order valence-electron chi connectivity index (χ2n) is 17.1. The standard InChI is InChI=1S/C51H88O12/c1-4-7-10-13-16-19-21-22-24-26-28-31-34-37-43(52)59-40-42(61-44(53)38-35-32-30-27-23-20-17-14-11-8-5-2)41-60-51-49(47(56)46(55)48(63-51)50(57)58)62-45(54)39-36-33-29-25-18-15-12-9-6-3/h7,10,16,19,22,24,42,46-49,51,55-56H,4-6,8-9,11-15,17-18,20-21,23,25-41H2,1-3H3,(H,57,58)/b10-7-,19-16-,24-22-. The van der Waals surface area contributed by atoms with Crippen LogP contribution in [0.5, 0.6) is 0 Å². The second kappa shape index (κ2) is 40.4. The fourth-order valence-electron chi connectivity index (χ4n) is 7.38. The van der Waals surface area contributed by atoms with Crippen molar-refractivity contribution in [2.75, 3.05) is 13.2 Å². The van der Waals surface area contributed by atoms with E-state index in [2.05, 4.69) is 57.2 Å². The van der Waals surface area contributed by atoms with E-state index >= 15 is 0 Å². The van der Waals surface area contributed by atoms with E-state index in [1.54, 1.807) is 0 Å². The summed E-state index contributed by atoms with van der Waals surface area (Å²) in [5.41, 5.74) is 0. The van der Waals surface area contributed by atoms with Crippen LogP contribution in [0.1, 0.15) is 213 Å². The third-order valence-corrected chi connectivity index (χ3v) is 11.2. The Kier molecular flexibility index (Phi) is 37.2. The van der Waals surface area contributed by atoms with E-state index in [1.165, 1.54) is 70.6 Å². The summed E-state index contributed by atoms with van der Waals surface area (Å²) < 4.78 is 28.2. The molecule has 0 aromatic rings. The molecule has 12 nitrogen and oxygen atoms in total. The monoisotopic (exact) mass is 893 g/mol. The zero-order chi connectivity index (χ0) is 46.2. The Balaban J connectivity index is 2.76. The molecule has 6 atom stereocenters. The van der Waals surface area contributed by atoms with E-state index in [0.29, 0.717) is 19.3 Å². The van der Waals surface area contributed by atoms with Crippen molar-refractivity contribution in [1.29, 1.82) is 0 Å². The Labute approximate surface area is 381 Å². The van der Waals surface area contributed by atoms with Crippen LogP contribution in [0.4, 0.5) is 0 Å². The lowest BCUT2D eigenvalue weighted by Gasteiger charge is -2.40. The molecular weight excluding hydrogens is 805 g/mol. The maximum absolute atomic E-state index is 13.0. The van der Waals surface area contributed by atoms with Gasteiger partial charge in [-0.25, -0.2) is 4.79 Å². The number of aliphatic carboxylic acids is 1. The Bertz CT molecular complexity index is 1250. The quantitative estimate of drug-likeness (QED) is 0.0230. The fourth-order valence-corrected chi connectivity index (χ4v) is 7.38. The largest absolute Gasteiger partial charge is 0.479 e. The Morgan fingerprint density at radius 1 is 0.540 bits per heavy atom. The number of carbonyl (C=O) groups is 4. The molecule has 1 aliphatic heterocycles. The van der Waals surface area contributed by atoms with Crippen LogP contribution in [-0.2, 0) is 42.9 Å². The molecule has 1 heterocycles. The number of aliphatic hydroxyl groups excluding tert-OH is 2. The zero-order valence-electron chi connectivity index (χ0n) is 39.6. The molecule has 3 N–H and O–H groups in total. The predicted octanol–water partition coefficient (Wildman–Crippen LogP) is 11.3. The topological polar surface area (TPSA) is 175 Å². The van der Waals surface area contributed by atoms with E-state index in [0.717, 1.165) is 83.5 Å². The van der Waals surface area contributed by atoms with E-state index in [1.807, 2.05) is 0 Å². The summed E-state index contributed by atoms with van der Waals surface area (Å²) in [6, 6.07) is 0. The van der Waals surface area contributed by atoms with Gasteiger partial charge >= 0.3 is 23.9 Å². The Hall–Kier alpha value is -3.06. The molecule has 1 fully saturated rings. The SMILES string of the molecule is CC/C=C\C/C=C\C/C=C\CCCCCC(=O)OCC(COC1OC(C(=O)O)C(O)C(O)C1OC(=O)CCCCCCCCCCC)OC(=O)CCCCCCCCCCCCC. The minimum Gasteiger partial charge on any atom is -0.479 e. The van der Waals surface area contributed by atoms with Crippen molar-refractivity contribution in [1.82, 2.24) is 0 Å². The van der Waals surface area contributed by atoms with Gasteiger partial charge in [-0.3, -0.25) is 14.4 Å². The average Bonchev–Trinajstić information content (AvgIpc) is 3.26. The van der Waals surface area contributed by atoms with Gasteiger partial charge in [0.05, 0.1) is 6.61 Å². The maximum Gasteiger partial charge on any atom is 0.335 e. The van der Waals surface area contributed by atoms with Crippen molar-refractivity contribution in [3.8, 4) is 0 Å². The number of carboxylic acids is 1. The third-order valence-electron chi connectivity index (χ3n) is 11.2. The molecule has 0 aromatic heterocycles. The lowest BCUT2D eigenvalue weighted by molar-refractivity contribution is -0.301. The van der Waals surface area contributed by atoms with Gasteiger partial charge in [-0.05, 0) is 51.4 Å². The number of aliphatic hydroxyl groups is 2. The lowest BCUT2D eigenvalue weighted by atomic mass is 9.98. The normalized spacial score (nSPS) is 19.5. The number of hydrogen-bond acceptors (Lipinski definition) is 11. The van der Waals surface area contributed by atoms with Gasteiger partial charge in [-0.1, -0.05) is 179 Å². The molecule has 1 rings (SSSR count). The highest BCUT2D eigenvalue weighted by atomic mass is 16.7. The predicted molar refractivity (Wildman–Crippen MR) is 248 cm³/mol. The molecule has 0 spiro atoms. The molecule has 12 heteroatoms.